The van der Waals surface area contributed by atoms with Crippen molar-refractivity contribution in [2.75, 3.05) is 31.5 Å². The van der Waals surface area contributed by atoms with E-state index >= 15 is 0 Å². The van der Waals surface area contributed by atoms with Crippen LogP contribution < -0.4 is 10.6 Å². The van der Waals surface area contributed by atoms with Crippen LogP contribution in [0.3, 0.4) is 0 Å². The van der Waals surface area contributed by atoms with E-state index in [1.54, 1.807) is 15.4 Å². The van der Waals surface area contributed by atoms with Crippen LogP contribution >= 0.6 is 0 Å². The zero-order valence-electron chi connectivity index (χ0n) is 18.4. The molecule has 1 aliphatic heterocycles. The Balaban J connectivity index is 1.57. The molecule has 165 valence electrons. The highest BCUT2D eigenvalue weighted by molar-refractivity contribution is 5.93. The predicted octanol–water partition coefficient (Wildman–Crippen LogP) is 1.50. The number of anilines is 1. The van der Waals surface area contributed by atoms with Crippen molar-refractivity contribution in [3.05, 3.63) is 42.6 Å². The molecule has 4 aromatic rings. The number of hydrogen-bond donors (Lipinski definition) is 2. The number of nitrogens with zero attached hydrogens (tertiary/aromatic N) is 7. The van der Waals surface area contributed by atoms with Gasteiger partial charge in [0.1, 0.15) is 6.04 Å². The number of para-hydroxylation sites is 1. The minimum atomic E-state index is -0.459. The lowest BCUT2D eigenvalue weighted by Crippen LogP contribution is -2.43. The molecule has 1 saturated heterocycles. The molecule has 2 N–H and O–H groups in total. The van der Waals surface area contributed by atoms with E-state index in [0.717, 1.165) is 29.6 Å². The van der Waals surface area contributed by atoms with Crippen molar-refractivity contribution in [2.24, 2.45) is 7.05 Å². The second-order valence-corrected chi connectivity index (χ2v) is 8.46. The third-order valence-electron chi connectivity index (χ3n) is 5.47. The zero-order chi connectivity index (χ0) is 22.2. The molecular weight excluding hydrogens is 406 g/mol. The molecule has 4 heterocycles. The van der Waals surface area contributed by atoms with Gasteiger partial charge in [0.15, 0.2) is 11.5 Å². The monoisotopic (exact) mass is 432 g/mol. The van der Waals surface area contributed by atoms with Gasteiger partial charge in [0.25, 0.3) is 0 Å². The number of aryl methyl sites for hydroxylation is 1. The van der Waals surface area contributed by atoms with Gasteiger partial charge in [-0.25, -0.2) is 9.97 Å². The van der Waals surface area contributed by atoms with E-state index in [2.05, 4.69) is 34.5 Å². The highest BCUT2D eigenvalue weighted by Crippen LogP contribution is 2.24. The van der Waals surface area contributed by atoms with Crippen molar-refractivity contribution in [1.82, 2.24) is 39.6 Å². The Hall–Kier alpha value is -3.53. The van der Waals surface area contributed by atoms with Gasteiger partial charge in [-0.3, -0.25) is 14.4 Å². The first-order valence-electron chi connectivity index (χ1n) is 10.7. The molecule has 1 atom stereocenters. The third-order valence-corrected chi connectivity index (χ3v) is 5.47. The molecule has 1 amide bonds. The van der Waals surface area contributed by atoms with E-state index in [9.17, 15) is 4.79 Å². The van der Waals surface area contributed by atoms with Gasteiger partial charge >= 0.3 is 0 Å². The van der Waals surface area contributed by atoms with Gasteiger partial charge in [0, 0.05) is 44.8 Å². The average molecular weight is 433 g/mol. The average Bonchev–Trinajstić information content (AvgIpc) is 3.35. The Bertz CT molecular complexity index is 1280. The lowest BCUT2D eigenvalue weighted by Gasteiger charge is -2.25. The predicted molar refractivity (Wildman–Crippen MR) is 122 cm³/mol. The van der Waals surface area contributed by atoms with Crippen LogP contribution in [-0.2, 0) is 11.8 Å². The smallest absolute Gasteiger partial charge is 0.243 e. The highest BCUT2D eigenvalue weighted by atomic mass is 16.2. The fraction of sp³-hybridized carbons (Fsp3) is 0.364. The van der Waals surface area contributed by atoms with E-state index in [1.165, 1.54) is 5.92 Å². The Morgan fingerprint density at radius 1 is 1.25 bits per heavy atom. The molecule has 0 saturated carbocycles. The number of carbonyl (C=O) groups is 1. The molecule has 0 spiro atoms. The van der Waals surface area contributed by atoms with Crippen LogP contribution in [0.4, 0.5) is 5.95 Å². The van der Waals surface area contributed by atoms with Crippen LogP contribution in [0.2, 0.25) is 0 Å². The molecule has 1 fully saturated rings. The maximum atomic E-state index is 12.8. The summed E-state index contributed by atoms with van der Waals surface area (Å²) in [5, 5.41) is 16.2. The van der Waals surface area contributed by atoms with Gasteiger partial charge < -0.3 is 10.6 Å². The summed E-state index contributed by atoms with van der Waals surface area (Å²) in [6.07, 6.45) is 3.61. The Morgan fingerprint density at radius 3 is 2.88 bits per heavy atom. The highest BCUT2D eigenvalue weighted by Gasteiger charge is 2.27. The number of carbonyl (C=O) groups excluding carboxylic acids is 1. The molecule has 5 rings (SSSR count). The summed E-state index contributed by atoms with van der Waals surface area (Å²) in [7, 11) is 1.86. The Labute approximate surface area is 185 Å². The summed E-state index contributed by atoms with van der Waals surface area (Å²) in [5.74, 6) is 2.31. The maximum Gasteiger partial charge on any atom is 0.243 e. The third kappa shape index (κ3) is 3.89. The van der Waals surface area contributed by atoms with Crippen molar-refractivity contribution in [3.8, 4) is 11.4 Å². The summed E-state index contributed by atoms with van der Waals surface area (Å²) in [6, 6.07) is 7.35. The fourth-order valence-corrected chi connectivity index (χ4v) is 4.06. The van der Waals surface area contributed by atoms with Crippen molar-refractivity contribution >= 4 is 28.4 Å². The summed E-state index contributed by atoms with van der Waals surface area (Å²) in [4.78, 5) is 24.6. The molecule has 10 heteroatoms. The van der Waals surface area contributed by atoms with Gasteiger partial charge in [-0.1, -0.05) is 26.0 Å². The Kier molecular flexibility index (Phi) is 5.22. The minimum absolute atomic E-state index is 0.0445. The molecule has 1 aromatic carbocycles. The van der Waals surface area contributed by atoms with Crippen LogP contribution in [0.1, 0.15) is 13.8 Å². The van der Waals surface area contributed by atoms with Gasteiger partial charge in [0.2, 0.25) is 11.9 Å². The van der Waals surface area contributed by atoms with Crippen LogP contribution in [0.15, 0.2) is 36.7 Å². The molecule has 3 aromatic heterocycles. The lowest BCUT2D eigenvalue weighted by atomic mass is 10.2. The summed E-state index contributed by atoms with van der Waals surface area (Å²) in [6.45, 7) is 7.07. The SMILES string of the molecule is C[C](C)CN1CCNC(=O)[C@@H](Nc2nc3ccccc3c3nc(-c4cnn(C)c4)nn23)C1. The molecule has 1 radical (unpaired) electrons. The minimum Gasteiger partial charge on any atom is -0.353 e. The molecule has 1 aliphatic rings. The van der Waals surface area contributed by atoms with E-state index in [-0.39, 0.29) is 5.91 Å². The molecule has 10 nitrogen and oxygen atoms in total. The van der Waals surface area contributed by atoms with Gasteiger partial charge in [0.05, 0.1) is 17.3 Å². The van der Waals surface area contributed by atoms with E-state index in [1.807, 2.05) is 37.5 Å². The van der Waals surface area contributed by atoms with Crippen molar-refractivity contribution in [3.63, 3.8) is 0 Å². The number of aromatic nitrogens is 6. The first-order valence-corrected chi connectivity index (χ1v) is 10.7. The van der Waals surface area contributed by atoms with E-state index in [4.69, 9.17) is 15.1 Å². The molecular formula is C22H26N9O. The molecule has 32 heavy (non-hydrogen) atoms. The van der Waals surface area contributed by atoms with Crippen molar-refractivity contribution in [1.29, 1.82) is 0 Å². The number of benzene rings is 1. The van der Waals surface area contributed by atoms with Gasteiger partial charge in [-0.05, 0) is 18.1 Å². The Morgan fingerprint density at radius 2 is 2.09 bits per heavy atom. The quantitative estimate of drug-likeness (QED) is 0.492. The first-order chi connectivity index (χ1) is 15.5. The number of amides is 1. The summed E-state index contributed by atoms with van der Waals surface area (Å²) >= 11 is 0. The standard InChI is InChI=1S/C22H26N9O/c1-14(2)11-30-9-8-23-21(32)18(13-30)26-22-25-17-7-5-4-6-16(17)20-27-19(28-31(20)22)15-10-24-29(3)12-15/h4-7,10,12,18H,8-9,11,13H2,1-3H3,(H,23,32)(H,25,26)/t18-/m0/s1. The second-order valence-electron chi connectivity index (χ2n) is 8.46. The van der Waals surface area contributed by atoms with Crippen LogP contribution in [0.5, 0.6) is 0 Å². The van der Waals surface area contributed by atoms with E-state index in [0.29, 0.717) is 30.5 Å². The number of fused-ring (bicyclic) bond motifs is 3. The van der Waals surface area contributed by atoms with Crippen molar-refractivity contribution in [2.45, 2.75) is 19.9 Å². The lowest BCUT2D eigenvalue weighted by molar-refractivity contribution is -0.121. The summed E-state index contributed by atoms with van der Waals surface area (Å²) < 4.78 is 3.40. The second kappa shape index (κ2) is 8.19. The normalized spacial score (nSPS) is 17.8. The molecule has 0 bridgehead atoms. The van der Waals surface area contributed by atoms with Crippen LogP contribution in [0.25, 0.3) is 27.9 Å². The van der Waals surface area contributed by atoms with Gasteiger partial charge in [-0.2, -0.15) is 9.61 Å². The topological polar surface area (TPSA) is 105 Å². The fourth-order valence-electron chi connectivity index (χ4n) is 4.06. The first kappa shape index (κ1) is 20.4. The number of nitrogens with one attached hydrogen (secondary N) is 2. The van der Waals surface area contributed by atoms with Crippen molar-refractivity contribution < 1.29 is 4.79 Å². The van der Waals surface area contributed by atoms with Crippen LogP contribution in [-0.4, -0.2) is 72.4 Å². The number of hydrogen-bond acceptors (Lipinski definition) is 7. The number of rotatable bonds is 5. The van der Waals surface area contributed by atoms with Gasteiger partial charge in [-0.15, -0.1) is 5.10 Å². The van der Waals surface area contributed by atoms with Crippen LogP contribution in [0, 0.1) is 5.92 Å². The molecule has 0 unspecified atom stereocenters. The molecule has 0 aliphatic carbocycles. The van der Waals surface area contributed by atoms with E-state index < -0.39 is 6.04 Å². The zero-order valence-corrected chi connectivity index (χ0v) is 18.4. The summed E-state index contributed by atoms with van der Waals surface area (Å²) in [5.41, 5.74) is 2.29. The largest absolute Gasteiger partial charge is 0.353 e. The maximum absolute atomic E-state index is 12.8.